The summed E-state index contributed by atoms with van der Waals surface area (Å²) in [5, 5.41) is 10.6. The normalized spacial score (nSPS) is 14.7. The molecule has 44 heavy (non-hydrogen) atoms. The van der Waals surface area contributed by atoms with Crippen molar-refractivity contribution in [2.75, 3.05) is 25.6 Å². The average Bonchev–Trinajstić information content (AvgIpc) is 3.52. The topological polar surface area (TPSA) is 92.6 Å². The summed E-state index contributed by atoms with van der Waals surface area (Å²) in [6, 6.07) is 25.0. The Balaban J connectivity index is 1.51. The number of fused-ring (bicyclic) bond motifs is 2. The highest BCUT2D eigenvalue weighted by Gasteiger charge is 2.33. The molecule has 9 heteroatoms. The van der Waals surface area contributed by atoms with Gasteiger partial charge in [0, 0.05) is 49.0 Å². The Hall–Kier alpha value is -5.20. The molecule has 2 aromatic heterocycles. The second kappa shape index (κ2) is 11.8. The van der Waals surface area contributed by atoms with Crippen LogP contribution in [0.15, 0.2) is 100 Å². The van der Waals surface area contributed by atoms with Gasteiger partial charge in [0.2, 0.25) is 0 Å². The third-order valence-corrected chi connectivity index (χ3v) is 8.81. The van der Waals surface area contributed by atoms with Crippen molar-refractivity contribution in [3.63, 3.8) is 0 Å². The van der Waals surface area contributed by atoms with Crippen LogP contribution in [0.4, 0.5) is 5.69 Å². The molecule has 1 aliphatic heterocycles. The molecule has 1 atom stereocenters. The Kier molecular flexibility index (Phi) is 7.77. The Morgan fingerprint density at radius 2 is 1.82 bits per heavy atom. The van der Waals surface area contributed by atoms with Crippen molar-refractivity contribution >= 4 is 40.0 Å². The van der Waals surface area contributed by atoms with Crippen LogP contribution < -0.4 is 19.8 Å². The first kappa shape index (κ1) is 28.9. The van der Waals surface area contributed by atoms with E-state index in [-0.39, 0.29) is 12.2 Å². The van der Waals surface area contributed by atoms with E-state index in [2.05, 4.69) is 10.6 Å². The summed E-state index contributed by atoms with van der Waals surface area (Å²) in [4.78, 5) is 34.7. The molecule has 0 bridgehead atoms. The lowest BCUT2D eigenvalue weighted by Crippen LogP contribution is -2.39. The van der Waals surface area contributed by atoms with Crippen molar-refractivity contribution in [2.24, 2.45) is 4.99 Å². The molecule has 0 N–H and O–H groups in total. The first-order chi connectivity index (χ1) is 21.3. The van der Waals surface area contributed by atoms with E-state index in [1.165, 1.54) is 11.3 Å². The first-order valence-electron chi connectivity index (χ1n) is 14.3. The Labute approximate surface area is 258 Å². The summed E-state index contributed by atoms with van der Waals surface area (Å²) in [5.74, 6) is -0.481. The number of aromatic nitrogens is 2. The van der Waals surface area contributed by atoms with Gasteiger partial charge in [-0.05, 0) is 55.3 Å². The number of carbonyl (C=O) groups is 1. The molecule has 5 aromatic rings. The van der Waals surface area contributed by atoms with Crippen LogP contribution in [0, 0.1) is 11.3 Å². The van der Waals surface area contributed by atoms with Gasteiger partial charge in [-0.3, -0.25) is 9.36 Å². The molecular formula is C35H31N5O3S. The summed E-state index contributed by atoms with van der Waals surface area (Å²) >= 11 is 1.30. The summed E-state index contributed by atoms with van der Waals surface area (Å²) < 4.78 is 9.66. The first-order valence-corrected chi connectivity index (χ1v) is 15.1. The zero-order valence-corrected chi connectivity index (χ0v) is 25.8. The fraction of sp³-hybridized carbons (Fsp3) is 0.200. The molecule has 3 heterocycles. The van der Waals surface area contributed by atoms with E-state index in [1.807, 2.05) is 104 Å². The van der Waals surface area contributed by atoms with Crippen LogP contribution in [0.3, 0.4) is 0 Å². The van der Waals surface area contributed by atoms with Gasteiger partial charge in [-0.1, -0.05) is 59.9 Å². The third kappa shape index (κ3) is 5.14. The molecule has 220 valence electrons. The molecule has 1 aliphatic rings. The van der Waals surface area contributed by atoms with E-state index in [0.717, 1.165) is 33.3 Å². The predicted octanol–water partition coefficient (Wildman–Crippen LogP) is 4.74. The van der Waals surface area contributed by atoms with E-state index < -0.39 is 12.0 Å². The van der Waals surface area contributed by atoms with E-state index in [1.54, 1.807) is 18.4 Å². The zero-order chi connectivity index (χ0) is 31.0. The number of ether oxygens (including phenoxy) is 1. The standard InChI is InChI=1S/C35H31N5O3S/c1-5-43-34(42)31-22(2)37-35-40(32(31)23-14-16-27(17-15-23)38(3)4)33(41)30(44-35)18-26-21-39(29-13-9-8-12-28(26)29)20-25-11-7-6-10-24(25)19-36/h6-18,21,32H,5,20H2,1-4H3. The molecule has 6 rings (SSSR count). The van der Waals surface area contributed by atoms with Crippen molar-refractivity contribution in [3.8, 4) is 6.07 Å². The van der Waals surface area contributed by atoms with Gasteiger partial charge in [0.15, 0.2) is 4.80 Å². The van der Waals surface area contributed by atoms with Crippen LogP contribution in [0.2, 0.25) is 0 Å². The summed E-state index contributed by atoms with van der Waals surface area (Å²) in [7, 11) is 3.93. The van der Waals surface area contributed by atoms with E-state index in [4.69, 9.17) is 9.73 Å². The van der Waals surface area contributed by atoms with Crippen LogP contribution in [0.25, 0.3) is 17.0 Å². The molecule has 3 aromatic carbocycles. The molecule has 0 saturated carbocycles. The van der Waals surface area contributed by atoms with Gasteiger partial charge in [0.1, 0.15) is 0 Å². The smallest absolute Gasteiger partial charge is 0.338 e. The van der Waals surface area contributed by atoms with Crippen LogP contribution >= 0.6 is 11.3 Å². The minimum Gasteiger partial charge on any atom is -0.463 e. The molecular weight excluding hydrogens is 570 g/mol. The highest BCUT2D eigenvalue weighted by molar-refractivity contribution is 7.07. The molecule has 0 aliphatic carbocycles. The van der Waals surface area contributed by atoms with Crippen LogP contribution in [0.1, 0.15) is 42.1 Å². The summed E-state index contributed by atoms with van der Waals surface area (Å²) in [6.45, 7) is 4.29. The number of rotatable bonds is 7. The molecule has 0 amide bonds. The lowest BCUT2D eigenvalue weighted by molar-refractivity contribution is -0.139. The van der Waals surface area contributed by atoms with Crippen molar-refractivity contribution in [1.82, 2.24) is 9.13 Å². The highest BCUT2D eigenvalue weighted by atomic mass is 32.1. The number of hydrogen-bond acceptors (Lipinski definition) is 7. The largest absolute Gasteiger partial charge is 0.463 e. The molecule has 0 fully saturated rings. The van der Waals surface area contributed by atoms with Crippen molar-refractivity contribution in [3.05, 3.63) is 132 Å². The van der Waals surface area contributed by atoms with Crippen LogP contribution in [-0.2, 0) is 16.1 Å². The van der Waals surface area contributed by atoms with Crippen molar-refractivity contribution < 1.29 is 9.53 Å². The van der Waals surface area contributed by atoms with Gasteiger partial charge in [0.05, 0.1) is 40.1 Å². The monoisotopic (exact) mass is 601 g/mol. The van der Waals surface area contributed by atoms with Crippen molar-refractivity contribution in [1.29, 1.82) is 5.26 Å². The van der Waals surface area contributed by atoms with Crippen LogP contribution in [0.5, 0.6) is 0 Å². The minimum atomic E-state index is -0.674. The maximum atomic E-state index is 14.2. The molecule has 0 spiro atoms. The van der Waals surface area contributed by atoms with E-state index in [0.29, 0.717) is 32.7 Å². The SMILES string of the molecule is CCOC(=O)C1=C(C)N=c2sc(=Cc3cn(Cc4ccccc4C#N)c4ccccc34)c(=O)n2C1c1ccc(N(C)C)cc1. The van der Waals surface area contributed by atoms with E-state index >= 15 is 0 Å². The summed E-state index contributed by atoms with van der Waals surface area (Å²) in [6.07, 6.45) is 3.91. The Morgan fingerprint density at radius 1 is 1.09 bits per heavy atom. The lowest BCUT2D eigenvalue weighted by atomic mass is 9.95. The maximum Gasteiger partial charge on any atom is 0.338 e. The van der Waals surface area contributed by atoms with Gasteiger partial charge in [-0.15, -0.1) is 0 Å². The number of nitrogens with zero attached hydrogens (tertiary/aromatic N) is 5. The Bertz CT molecular complexity index is 2160. The Morgan fingerprint density at radius 3 is 2.55 bits per heavy atom. The zero-order valence-electron chi connectivity index (χ0n) is 24.9. The van der Waals surface area contributed by atoms with Gasteiger partial charge >= 0.3 is 5.97 Å². The number of carbonyl (C=O) groups excluding carboxylic acids is 1. The lowest BCUT2D eigenvalue weighted by Gasteiger charge is -2.25. The van der Waals surface area contributed by atoms with Crippen molar-refractivity contribution in [2.45, 2.75) is 26.4 Å². The van der Waals surface area contributed by atoms with E-state index in [9.17, 15) is 14.9 Å². The number of thiazole rings is 1. The van der Waals surface area contributed by atoms with Gasteiger partial charge < -0.3 is 14.2 Å². The van der Waals surface area contributed by atoms with Gasteiger partial charge in [0.25, 0.3) is 5.56 Å². The maximum absolute atomic E-state index is 14.2. The number of para-hydroxylation sites is 1. The highest BCUT2D eigenvalue weighted by Crippen LogP contribution is 2.32. The summed E-state index contributed by atoms with van der Waals surface area (Å²) in [5.41, 5.74) is 5.91. The fourth-order valence-corrected chi connectivity index (χ4v) is 6.71. The quantitative estimate of drug-likeness (QED) is 0.252. The second-order valence-corrected chi connectivity index (χ2v) is 11.8. The number of benzene rings is 3. The molecule has 8 nitrogen and oxygen atoms in total. The number of anilines is 1. The number of allylic oxidation sites excluding steroid dienone is 1. The van der Waals surface area contributed by atoms with Gasteiger partial charge in [-0.25, -0.2) is 9.79 Å². The number of nitriles is 1. The molecule has 0 saturated heterocycles. The molecule has 1 unspecified atom stereocenters. The fourth-order valence-electron chi connectivity index (χ4n) is 5.67. The van der Waals surface area contributed by atoms with Gasteiger partial charge in [-0.2, -0.15) is 5.26 Å². The minimum absolute atomic E-state index is 0.217. The predicted molar refractivity (Wildman–Crippen MR) is 173 cm³/mol. The second-order valence-electron chi connectivity index (χ2n) is 10.8. The third-order valence-electron chi connectivity index (χ3n) is 7.83. The number of esters is 1. The molecule has 0 radical (unpaired) electrons. The number of hydrogen-bond donors (Lipinski definition) is 0. The van der Waals surface area contributed by atoms with Crippen LogP contribution in [-0.4, -0.2) is 35.8 Å². The average molecular weight is 602 g/mol.